The number of nitrogens with zero attached hydrogens (tertiary/aromatic N) is 3. The van der Waals surface area contributed by atoms with Crippen molar-refractivity contribution >= 4 is 22.6 Å². The largest absolute Gasteiger partial charge is 0.496 e. The Bertz CT molecular complexity index is 936. The third-order valence-corrected chi connectivity index (χ3v) is 6.59. The zero-order valence-corrected chi connectivity index (χ0v) is 17.5. The Hall–Kier alpha value is -2.60. The van der Waals surface area contributed by atoms with E-state index in [4.69, 9.17) is 4.74 Å². The molecule has 0 aliphatic carbocycles. The third-order valence-electron chi connectivity index (χ3n) is 6.59. The van der Waals surface area contributed by atoms with Gasteiger partial charge in [-0.05, 0) is 30.4 Å². The molecule has 0 bridgehead atoms. The van der Waals surface area contributed by atoms with E-state index in [9.17, 15) is 9.59 Å². The Morgan fingerprint density at radius 3 is 2.21 bits per heavy atom. The molecule has 154 valence electrons. The summed E-state index contributed by atoms with van der Waals surface area (Å²) in [5.41, 5.74) is 0.737. The lowest BCUT2D eigenvalue weighted by molar-refractivity contribution is -0.156. The van der Waals surface area contributed by atoms with Crippen LogP contribution in [0.1, 0.15) is 25.8 Å². The van der Waals surface area contributed by atoms with Crippen LogP contribution in [0.15, 0.2) is 36.4 Å². The Morgan fingerprint density at radius 2 is 1.62 bits per heavy atom. The lowest BCUT2D eigenvalue weighted by Gasteiger charge is -2.52. The van der Waals surface area contributed by atoms with Gasteiger partial charge in [-0.1, -0.05) is 30.3 Å². The molecule has 2 aliphatic heterocycles. The van der Waals surface area contributed by atoms with E-state index >= 15 is 0 Å². The van der Waals surface area contributed by atoms with E-state index < -0.39 is 5.54 Å². The van der Waals surface area contributed by atoms with Crippen LogP contribution in [-0.4, -0.2) is 71.9 Å². The molecule has 0 spiro atoms. The summed E-state index contributed by atoms with van der Waals surface area (Å²) in [6.45, 7) is 7.78. The highest BCUT2D eigenvalue weighted by molar-refractivity contribution is 5.91. The van der Waals surface area contributed by atoms with Crippen molar-refractivity contribution in [2.75, 3.05) is 39.8 Å². The summed E-state index contributed by atoms with van der Waals surface area (Å²) in [7, 11) is 1.69. The number of benzene rings is 2. The van der Waals surface area contributed by atoms with E-state index in [1.807, 2.05) is 28.0 Å². The Balaban J connectivity index is 1.50. The van der Waals surface area contributed by atoms with Gasteiger partial charge in [0.25, 0.3) is 0 Å². The van der Waals surface area contributed by atoms with Crippen LogP contribution >= 0.6 is 0 Å². The molecule has 0 radical (unpaired) electrons. The first-order valence-corrected chi connectivity index (χ1v) is 10.3. The van der Waals surface area contributed by atoms with Crippen molar-refractivity contribution in [3.05, 3.63) is 42.0 Å². The van der Waals surface area contributed by atoms with Gasteiger partial charge in [-0.2, -0.15) is 0 Å². The average molecular weight is 396 g/mol. The predicted molar refractivity (Wildman–Crippen MR) is 113 cm³/mol. The first-order valence-electron chi connectivity index (χ1n) is 10.3. The normalized spacial score (nSPS) is 22.4. The van der Waals surface area contributed by atoms with Gasteiger partial charge in [0.15, 0.2) is 0 Å². The van der Waals surface area contributed by atoms with E-state index in [2.05, 4.69) is 30.0 Å². The second kappa shape index (κ2) is 7.67. The van der Waals surface area contributed by atoms with Gasteiger partial charge in [0, 0.05) is 51.6 Å². The quantitative estimate of drug-likeness (QED) is 0.798. The highest BCUT2D eigenvalue weighted by atomic mass is 16.5. The second-order valence-corrected chi connectivity index (χ2v) is 8.22. The minimum absolute atomic E-state index is 0.0833. The summed E-state index contributed by atoms with van der Waals surface area (Å²) < 4.78 is 5.51. The third kappa shape index (κ3) is 3.46. The lowest BCUT2D eigenvalue weighted by atomic mass is 9.84. The monoisotopic (exact) mass is 395 g/mol. The van der Waals surface area contributed by atoms with Gasteiger partial charge in [0.1, 0.15) is 5.75 Å². The SMILES string of the molecule is COc1ccc(CN2CCC2(C)C(=O)N2CCN(C(C)=O)CC2)c2ccccc12. The molecule has 4 rings (SSSR count). The zero-order valence-electron chi connectivity index (χ0n) is 17.5. The van der Waals surface area contributed by atoms with Crippen molar-refractivity contribution in [3.8, 4) is 5.75 Å². The number of hydrogen-bond donors (Lipinski definition) is 0. The Kier molecular flexibility index (Phi) is 5.21. The highest BCUT2D eigenvalue weighted by Crippen LogP contribution is 2.36. The van der Waals surface area contributed by atoms with Gasteiger partial charge in [0.05, 0.1) is 12.6 Å². The molecular weight excluding hydrogens is 366 g/mol. The number of ether oxygens (including phenoxy) is 1. The van der Waals surface area contributed by atoms with Gasteiger partial charge in [-0.3, -0.25) is 14.5 Å². The first kappa shape index (κ1) is 19.7. The fourth-order valence-corrected chi connectivity index (χ4v) is 4.52. The summed E-state index contributed by atoms with van der Waals surface area (Å²) in [4.78, 5) is 30.9. The van der Waals surface area contributed by atoms with Crippen LogP contribution in [0.2, 0.25) is 0 Å². The van der Waals surface area contributed by atoms with Crippen LogP contribution in [-0.2, 0) is 16.1 Å². The molecule has 29 heavy (non-hydrogen) atoms. The van der Waals surface area contributed by atoms with Crippen LogP contribution in [0, 0.1) is 0 Å². The molecule has 2 aromatic carbocycles. The molecule has 0 aromatic heterocycles. The molecule has 6 nitrogen and oxygen atoms in total. The second-order valence-electron chi connectivity index (χ2n) is 8.22. The number of fused-ring (bicyclic) bond motifs is 1. The standard InChI is InChI=1S/C23H29N3O3/c1-17(27)24-12-14-25(15-13-24)22(28)23(2)10-11-26(23)16-18-8-9-21(29-3)20-7-5-4-6-19(18)20/h4-9H,10-16H2,1-3H3. The van der Waals surface area contributed by atoms with Crippen LogP contribution in [0.25, 0.3) is 10.8 Å². The van der Waals surface area contributed by atoms with Crippen molar-refractivity contribution < 1.29 is 14.3 Å². The molecule has 6 heteroatoms. The maximum Gasteiger partial charge on any atom is 0.242 e. The highest BCUT2D eigenvalue weighted by Gasteiger charge is 2.49. The minimum atomic E-state index is -0.473. The summed E-state index contributed by atoms with van der Waals surface area (Å²) in [6, 6.07) is 12.4. The molecule has 2 aliphatic rings. The van der Waals surface area contributed by atoms with Crippen molar-refractivity contribution in [3.63, 3.8) is 0 Å². The number of rotatable bonds is 4. The fraction of sp³-hybridized carbons (Fsp3) is 0.478. The number of carbonyl (C=O) groups is 2. The minimum Gasteiger partial charge on any atom is -0.496 e. The number of hydrogen-bond acceptors (Lipinski definition) is 4. The van der Waals surface area contributed by atoms with E-state index in [-0.39, 0.29) is 11.8 Å². The van der Waals surface area contributed by atoms with Gasteiger partial charge in [-0.15, -0.1) is 0 Å². The molecule has 2 saturated heterocycles. The van der Waals surface area contributed by atoms with Gasteiger partial charge in [-0.25, -0.2) is 0 Å². The number of piperazine rings is 1. The molecule has 1 atom stereocenters. The summed E-state index contributed by atoms with van der Waals surface area (Å²) in [5.74, 6) is 1.14. The summed E-state index contributed by atoms with van der Waals surface area (Å²) >= 11 is 0. The summed E-state index contributed by atoms with van der Waals surface area (Å²) in [6.07, 6.45) is 0.868. The average Bonchev–Trinajstić information content (AvgIpc) is 2.75. The maximum atomic E-state index is 13.3. The smallest absolute Gasteiger partial charge is 0.242 e. The van der Waals surface area contributed by atoms with Crippen LogP contribution in [0.3, 0.4) is 0 Å². The van der Waals surface area contributed by atoms with Crippen LogP contribution < -0.4 is 4.74 Å². The van der Waals surface area contributed by atoms with E-state index in [1.54, 1.807) is 14.0 Å². The molecule has 2 aromatic rings. The molecule has 0 saturated carbocycles. The van der Waals surface area contributed by atoms with Gasteiger partial charge in [0.2, 0.25) is 11.8 Å². The molecular formula is C23H29N3O3. The molecule has 2 fully saturated rings. The van der Waals surface area contributed by atoms with Crippen molar-refractivity contribution in [1.82, 2.24) is 14.7 Å². The fourth-order valence-electron chi connectivity index (χ4n) is 4.52. The van der Waals surface area contributed by atoms with E-state index in [0.29, 0.717) is 26.2 Å². The molecule has 2 heterocycles. The predicted octanol–water partition coefficient (Wildman–Crippen LogP) is 2.50. The maximum absolute atomic E-state index is 13.3. The number of methoxy groups -OCH3 is 1. The zero-order chi connectivity index (χ0) is 20.6. The van der Waals surface area contributed by atoms with Crippen molar-refractivity contribution in [2.24, 2.45) is 0 Å². The first-order chi connectivity index (χ1) is 13.9. The van der Waals surface area contributed by atoms with Gasteiger partial charge < -0.3 is 14.5 Å². The van der Waals surface area contributed by atoms with Crippen molar-refractivity contribution in [2.45, 2.75) is 32.4 Å². The summed E-state index contributed by atoms with van der Waals surface area (Å²) in [5, 5.41) is 2.27. The van der Waals surface area contributed by atoms with Gasteiger partial charge >= 0.3 is 0 Å². The number of likely N-dealkylation sites (tertiary alicyclic amines) is 1. The van der Waals surface area contributed by atoms with Crippen molar-refractivity contribution in [1.29, 1.82) is 0 Å². The number of amides is 2. The molecule has 2 amide bonds. The topological polar surface area (TPSA) is 53.1 Å². The Labute approximate surface area is 172 Å². The Morgan fingerprint density at radius 1 is 0.966 bits per heavy atom. The van der Waals surface area contributed by atoms with E-state index in [0.717, 1.165) is 30.6 Å². The van der Waals surface area contributed by atoms with Crippen LogP contribution in [0.5, 0.6) is 5.75 Å². The van der Waals surface area contributed by atoms with E-state index in [1.165, 1.54) is 10.9 Å². The molecule has 0 N–H and O–H groups in total. The molecule has 1 unspecified atom stereocenters. The van der Waals surface area contributed by atoms with Crippen LogP contribution in [0.4, 0.5) is 0 Å². The number of carbonyl (C=O) groups excluding carboxylic acids is 2. The lowest BCUT2D eigenvalue weighted by Crippen LogP contribution is -2.67.